The molecule has 2 rings (SSSR count). The van der Waals surface area contributed by atoms with Gasteiger partial charge in [0, 0.05) is 12.5 Å². The molecule has 1 heteroatoms. The molecule has 0 amide bonds. The van der Waals surface area contributed by atoms with Gasteiger partial charge in [-0.3, -0.25) is 0 Å². The van der Waals surface area contributed by atoms with Gasteiger partial charge in [0.05, 0.1) is 6.10 Å². The Morgan fingerprint density at radius 3 is 2.50 bits per heavy atom. The summed E-state index contributed by atoms with van der Waals surface area (Å²) >= 11 is 0. The highest BCUT2D eigenvalue weighted by atomic mass is 16.5. The van der Waals surface area contributed by atoms with Crippen LogP contribution in [0, 0.1) is 0 Å². The topological polar surface area (TPSA) is 9.23 Å². The lowest BCUT2D eigenvalue weighted by Crippen LogP contribution is -2.31. The van der Waals surface area contributed by atoms with Gasteiger partial charge >= 0.3 is 0 Å². The highest BCUT2D eigenvalue weighted by molar-refractivity contribution is 5.20. The highest BCUT2D eigenvalue weighted by Gasteiger charge is 2.25. The van der Waals surface area contributed by atoms with E-state index < -0.39 is 0 Å². The average molecular weight is 162 g/mol. The lowest BCUT2D eigenvalue weighted by atomic mass is 9.91. The van der Waals surface area contributed by atoms with Gasteiger partial charge in [-0.2, -0.15) is 0 Å². The van der Waals surface area contributed by atoms with Crippen LogP contribution in [0.25, 0.3) is 0 Å². The Hall–Kier alpha value is -0.820. The molecule has 0 saturated carbocycles. The number of hydrogen-bond acceptors (Lipinski definition) is 1. The van der Waals surface area contributed by atoms with Crippen LogP contribution >= 0.6 is 0 Å². The number of ether oxygens (including phenoxy) is 1. The molecule has 12 heavy (non-hydrogen) atoms. The molecule has 0 radical (unpaired) electrons. The van der Waals surface area contributed by atoms with Gasteiger partial charge < -0.3 is 4.74 Å². The predicted octanol–water partition coefficient (Wildman–Crippen LogP) is 2.58. The third kappa shape index (κ3) is 1.37. The molecular weight excluding hydrogens is 148 g/mol. The van der Waals surface area contributed by atoms with Crippen molar-refractivity contribution in [3.05, 3.63) is 35.9 Å². The van der Waals surface area contributed by atoms with Crippen molar-refractivity contribution < 1.29 is 4.74 Å². The normalized spacial score (nSPS) is 24.6. The van der Waals surface area contributed by atoms with E-state index in [1.165, 1.54) is 12.0 Å². The van der Waals surface area contributed by atoms with Gasteiger partial charge in [-0.25, -0.2) is 0 Å². The maximum Gasteiger partial charge on any atom is 0.0662 e. The minimum atomic E-state index is 0.465. The molecule has 1 aliphatic heterocycles. The molecule has 2 atom stereocenters. The molecule has 0 bridgehead atoms. The fourth-order valence-corrected chi connectivity index (χ4v) is 1.62. The van der Waals surface area contributed by atoms with Crippen molar-refractivity contribution in [2.75, 3.05) is 6.61 Å². The molecule has 1 saturated heterocycles. The van der Waals surface area contributed by atoms with Gasteiger partial charge in [0.15, 0.2) is 0 Å². The molecule has 0 spiro atoms. The molecule has 1 fully saturated rings. The smallest absolute Gasteiger partial charge is 0.0662 e. The molecule has 2 unspecified atom stereocenters. The van der Waals surface area contributed by atoms with Crippen molar-refractivity contribution in [2.24, 2.45) is 0 Å². The molecule has 0 aliphatic carbocycles. The molecular formula is C11H14O. The zero-order chi connectivity index (χ0) is 8.39. The van der Waals surface area contributed by atoms with Crippen LogP contribution in [-0.4, -0.2) is 12.7 Å². The summed E-state index contributed by atoms with van der Waals surface area (Å²) in [5.74, 6) is 0.556. The Balaban J connectivity index is 2.08. The summed E-state index contributed by atoms with van der Waals surface area (Å²) in [6.07, 6.45) is 1.68. The molecule has 0 aromatic heterocycles. The van der Waals surface area contributed by atoms with Crippen LogP contribution in [0.2, 0.25) is 0 Å². The van der Waals surface area contributed by atoms with Gasteiger partial charge in [-0.1, -0.05) is 37.3 Å². The van der Waals surface area contributed by atoms with Crippen molar-refractivity contribution in [1.29, 1.82) is 0 Å². The third-order valence-electron chi connectivity index (χ3n) is 2.62. The van der Waals surface area contributed by atoms with Crippen molar-refractivity contribution in [2.45, 2.75) is 25.4 Å². The van der Waals surface area contributed by atoms with E-state index in [4.69, 9.17) is 4.74 Å². The van der Waals surface area contributed by atoms with Gasteiger partial charge in [0.2, 0.25) is 0 Å². The van der Waals surface area contributed by atoms with Crippen LogP contribution in [0.5, 0.6) is 0 Å². The van der Waals surface area contributed by atoms with E-state index in [0.29, 0.717) is 12.0 Å². The van der Waals surface area contributed by atoms with Gasteiger partial charge in [-0.05, 0) is 12.0 Å². The second-order valence-electron chi connectivity index (χ2n) is 3.40. The molecule has 1 heterocycles. The van der Waals surface area contributed by atoms with E-state index in [2.05, 4.69) is 37.3 Å². The maximum absolute atomic E-state index is 5.45. The van der Waals surface area contributed by atoms with E-state index >= 15 is 0 Å². The lowest BCUT2D eigenvalue weighted by Gasteiger charge is -2.32. The first-order valence-electron chi connectivity index (χ1n) is 4.54. The molecule has 1 aromatic carbocycles. The number of rotatable bonds is 2. The zero-order valence-corrected chi connectivity index (χ0v) is 7.36. The van der Waals surface area contributed by atoms with Crippen molar-refractivity contribution in [3.8, 4) is 0 Å². The second kappa shape index (κ2) is 3.28. The lowest BCUT2D eigenvalue weighted by molar-refractivity contribution is -0.0629. The van der Waals surface area contributed by atoms with Gasteiger partial charge in [-0.15, -0.1) is 0 Å². The van der Waals surface area contributed by atoms with Gasteiger partial charge in [0.1, 0.15) is 0 Å². The van der Waals surface area contributed by atoms with Crippen LogP contribution in [0.15, 0.2) is 30.3 Å². The SMILES string of the molecule is CC(c1ccccc1)C1CCO1. The minimum Gasteiger partial charge on any atom is -0.377 e. The second-order valence-corrected chi connectivity index (χ2v) is 3.40. The van der Waals surface area contributed by atoms with Crippen LogP contribution in [-0.2, 0) is 4.74 Å². The fraction of sp³-hybridized carbons (Fsp3) is 0.455. The fourth-order valence-electron chi connectivity index (χ4n) is 1.62. The summed E-state index contributed by atoms with van der Waals surface area (Å²) in [5, 5.41) is 0. The molecule has 0 N–H and O–H groups in total. The summed E-state index contributed by atoms with van der Waals surface area (Å²) in [4.78, 5) is 0. The molecule has 1 aromatic rings. The monoisotopic (exact) mass is 162 g/mol. The van der Waals surface area contributed by atoms with Gasteiger partial charge in [0.25, 0.3) is 0 Å². The van der Waals surface area contributed by atoms with Crippen molar-refractivity contribution in [3.63, 3.8) is 0 Å². The summed E-state index contributed by atoms with van der Waals surface area (Å²) in [5.41, 5.74) is 1.39. The quantitative estimate of drug-likeness (QED) is 0.649. The summed E-state index contributed by atoms with van der Waals surface area (Å²) < 4.78 is 5.45. The van der Waals surface area contributed by atoms with E-state index in [9.17, 15) is 0 Å². The Kier molecular flexibility index (Phi) is 2.13. The highest BCUT2D eigenvalue weighted by Crippen LogP contribution is 2.28. The third-order valence-corrected chi connectivity index (χ3v) is 2.62. The summed E-state index contributed by atoms with van der Waals surface area (Å²) in [7, 11) is 0. The first-order valence-corrected chi connectivity index (χ1v) is 4.54. The standard InChI is InChI=1S/C11H14O/c1-9(11-7-8-12-11)10-5-3-2-4-6-10/h2-6,9,11H,7-8H2,1H3. The Bertz CT molecular complexity index is 238. The Labute approximate surface area is 73.4 Å². The van der Waals surface area contributed by atoms with Crippen LogP contribution in [0.1, 0.15) is 24.8 Å². The van der Waals surface area contributed by atoms with Crippen molar-refractivity contribution >= 4 is 0 Å². The minimum absolute atomic E-state index is 0.465. The molecule has 64 valence electrons. The summed E-state index contributed by atoms with van der Waals surface area (Å²) in [6, 6.07) is 10.6. The maximum atomic E-state index is 5.45. The van der Waals surface area contributed by atoms with E-state index in [-0.39, 0.29) is 0 Å². The molecule has 1 aliphatic rings. The number of hydrogen-bond donors (Lipinski definition) is 0. The van der Waals surface area contributed by atoms with Crippen LogP contribution < -0.4 is 0 Å². The van der Waals surface area contributed by atoms with Crippen LogP contribution in [0.3, 0.4) is 0 Å². The zero-order valence-electron chi connectivity index (χ0n) is 7.36. The summed E-state index contributed by atoms with van der Waals surface area (Å²) in [6.45, 7) is 3.18. The van der Waals surface area contributed by atoms with Crippen molar-refractivity contribution in [1.82, 2.24) is 0 Å². The molecule has 1 nitrogen and oxygen atoms in total. The number of benzene rings is 1. The average Bonchev–Trinajstić information content (AvgIpc) is 2.03. The first-order chi connectivity index (χ1) is 5.88. The van der Waals surface area contributed by atoms with E-state index in [1.54, 1.807) is 0 Å². The largest absolute Gasteiger partial charge is 0.377 e. The Morgan fingerprint density at radius 1 is 1.33 bits per heavy atom. The van der Waals surface area contributed by atoms with E-state index in [1.807, 2.05) is 0 Å². The van der Waals surface area contributed by atoms with Crippen LogP contribution in [0.4, 0.5) is 0 Å². The first kappa shape index (κ1) is 7.81. The predicted molar refractivity (Wildman–Crippen MR) is 49.2 cm³/mol. The van der Waals surface area contributed by atoms with E-state index in [0.717, 1.165) is 6.61 Å². The Morgan fingerprint density at radius 2 is 2.00 bits per heavy atom.